The number of hydrogen-bond acceptors (Lipinski definition) is 2. The minimum absolute atomic E-state index is 0.667. The number of rotatable bonds is 2. The summed E-state index contributed by atoms with van der Waals surface area (Å²) >= 11 is 9.37. The van der Waals surface area contributed by atoms with Crippen LogP contribution in [0.25, 0.3) is 0 Å². The normalized spacial score (nSPS) is 10.1. The van der Waals surface area contributed by atoms with Gasteiger partial charge in [-0.3, -0.25) is 0 Å². The molecule has 0 bridgehead atoms. The molecule has 4 heteroatoms. The molecule has 72 valence electrons. The van der Waals surface area contributed by atoms with Gasteiger partial charge in [-0.05, 0) is 24.3 Å². The highest BCUT2D eigenvalue weighted by Gasteiger charge is 2.01. The van der Waals surface area contributed by atoms with Crippen LogP contribution in [0.4, 0.5) is 11.4 Å². The third-order valence-corrected chi connectivity index (χ3v) is 2.54. The molecule has 2 nitrogen and oxygen atoms in total. The fraction of sp³-hybridized carbons (Fsp3) is 0. The van der Waals surface area contributed by atoms with Crippen LogP contribution in [0.5, 0.6) is 0 Å². The van der Waals surface area contributed by atoms with E-state index >= 15 is 0 Å². The summed E-state index contributed by atoms with van der Waals surface area (Å²) in [5, 5.41) is 3.80. The number of anilines is 2. The van der Waals surface area contributed by atoms with Gasteiger partial charge in [0.25, 0.3) is 0 Å². The third kappa shape index (κ3) is 2.11. The molecule has 0 saturated heterocycles. The molecule has 0 saturated carbocycles. The first kappa shape index (κ1) is 9.62. The molecule has 0 spiro atoms. The topological polar surface area (TPSA) is 25.2 Å². The lowest BCUT2D eigenvalue weighted by Crippen LogP contribution is -1.88. The Bertz CT molecular complexity index is 428. The van der Waals surface area contributed by atoms with Crippen molar-refractivity contribution in [1.29, 1.82) is 0 Å². The zero-order valence-electron chi connectivity index (χ0n) is 7.13. The molecule has 1 heterocycles. The Balaban J connectivity index is 2.25. The fourth-order valence-corrected chi connectivity index (χ4v) is 1.80. The van der Waals surface area contributed by atoms with E-state index in [1.165, 1.54) is 0 Å². The Morgan fingerprint density at radius 2 is 2.14 bits per heavy atom. The van der Waals surface area contributed by atoms with Crippen LogP contribution in [-0.2, 0) is 0 Å². The zero-order chi connectivity index (χ0) is 9.97. The molecular formula is C10H7BrClNO. The third-order valence-electron chi connectivity index (χ3n) is 1.73. The quantitative estimate of drug-likeness (QED) is 0.874. The van der Waals surface area contributed by atoms with E-state index in [2.05, 4.69) is 21.2 Å². The molecule has 0 amide bonds. The average Bonchev–Trinajstić information content (AvgIpc) is 2.62. The van der Waals surface area contributed by atoms with E-state index < -0.39 is 0 Å². The van der Waals surface area contributed by atoms with Gasteiger partial charge < -0.3 is 9.73 Å². The van der Waals surface area contributed by atoms with Crippen LogP contribution >= 0.6 is 27.5 Å². The van der Waals surface area contributed by atoms with Gasteiger partial charge in [-0.1, -0.05) is 27.5 Å². The van der Waals surface area contributed by atoms with E-state index in [-0.39, 0.29) is 0 Å². The number of furan rings is 1. The highest BCUT2D eigenvalue weighted by molar-refractivity contribution is 9.10. The highest BCUT2D eigenvalue weighted by Crippen LogP contribution is 2.28. The monoisotopic (exact) mass is 271 g/mol. The van der Waals surface area contributed by atoms with Crippen LogP contribution in [0.15, 0.2) is 45.7 Å². The summed E-state index contributed by atoms with van der Waals surface area (Å²) < 4.78 is 5.89. The van der Waals surface area contributed by atoms with Gasteiger partial charge in [0.15, 0.2) is 0 Å². The van der Waals surface area contributed by atoms with Crippen LogP contribution < -0.4 is 5.32 Å². The Hall–Kier alpha value is -0.930. The molecule has 0 fully saturated rings. The van der Waals surface area contributed by atoms with E-state index in [0.29, 0.717) is 5.02 Å². The van der Waals surface area contributed by atoms with Crippen LogP contribution in [0, 0.1) is 0 Å². The van der Waals surface area contributed by atoms with Crippen molar-refractivity contribution >= 4 is 38.9 Å². The van der Waals surface area contributed by atoms with Crippen molar-refractivity contribution in [3.8, 4) is 0 Å². The van der Waals surface area contributed by atoms with E-state index in [0.717, 1.165) is 15.8 Å². The van der Waals surface area contributed by atoms with Gasteiger partial charge in [-0.2, -0.15) is 0 Å². The summed E-state index contributed by atoms with van der Waals surface area (Å²) in [5.41, 5.74) is 1.74. The standard InChI is InChI=1S/C10H7BrClNO/c11-7-1-2-10(9(12)5-7)13-8-3-4-14-6-8/h1-6,13H. The van der Waals surface area contributed by atoms with Crippen molar-refractivity contribution in [3.63, 3.8) is 0 Å². The first-order chi connectivity index (χ1) is 6.75. The van der Waals surface area contributed by atoms with Crippen molar-refractivity contribution in [2.24, 2.45) is 0 Å². The summed E-state index contributed by atoms with van der Waals surface area (Å²) in [5.74, 6) is 0. The molecule has 1 N–H and O–H groups in total. The number of halogens is 2. The molecule has 0 aliphatic carbocycles. The molecule has 2 rings (SSSR count). The number of benzene rings is 1. The van der Waals surface area contributed by atoms with Gasteiger partial charge in [-0.25, -0.2) is 0 Å². The molecule has 2 aromatic rings. The molecule has 1 aromatic carbocycles. The van der Waals surface area contributed by atoms with Crippen LogP contribution in [-0.4, -0.2) is 0 Å². The SMILES string of the molecule is Clc1cc(Br)ccc1Nc1ccoc1. The Morgan fingerprint density at radius 3 is 2.79 bits per heavy atom. The number of hydrogen-bond donors (Lipinski definition) is 1. The summed E-state index contributed by atoms with van der Waals surface area (Å²) in [6, 6.07) is 7.50. The lowest BCUT2D eigenvalue weighted by atomic mass is 10.3. The lowest BCUT2D eigenvalue weighted by molar-refractivity contribution is 0.568. The predicted molar refractivity (Wildman–Crippen MR) is 61.1 cm³/mol. The maximum absolute atomic E-state index is 6.02. The van der Waals surface area contributed by atoms with E-state index in [1.54, 1.807) is 12.5 Å². The van der Waals surface area contributed by atoms with Gasteiger partial charge >= 0.3 is 0 Å². The molecule has 0 unspecified atom stereocenters. The average molecular weight is 273 g/mol. The molecule has 0 radical (unpaired) electrons. The van der Waals surface area contributed by atoms with E-state index in [4.69, 9.17) is 16.0 Å². The smallest absolute Gasteiger partial charge is 0.114 e. The summed E-state index contributed by atoms with van der Waals surface area (Å²) in [4.78, 5) is 0. The summed E-state index contributed by atoms with van der Waals surface area (Å²) in [7, 11) is 0. The molecular weight excluding hydrogens is 265 g/mol. The van der Waals surface area contributed by atoms with Crippen molar-refractivity contribution in [2.45, 2.75) is 0 Å². The second-order valence-electron chi connectivity index (χ2n) is 2.76. The Morgan fingerprint density at radius 1 is 1.29 bits per heavy atom. The second-order valence-corrected chi connectivity index (χ2v) is 4.08. The van der Waals surface area contributed by atoms with Gasteiger partial charge in [0, 0.05) is 4.47 Å². The molecule has 0 aliphatic rings. The van der Waals surface area contributed by atoms with Crippen LogP contribution in [0.2, 0.25) is 5.02 Å². The maximum Gasteiger partial charge on any atom is 0.114 e. The second kappa shape index (κ2) is 4.07. The highest BCUT2D eigenvalue weighted by atomic mass is 79.9. The van der Waals surface area contributed by atoms with Crippen molar-refractivity contribution in [3.05, 3.63) is 46.3 Å². The summed E-state index contributed by atoms with van der Waals surface area (Å²) in [6.07, 6.45) is 3.23. The first-order valence-electron chi connectivity index (χ1n) is 4.00. The van der Waals surface area contributed by atoms with Crippen LogP contribution in [0.1, 0.15) is 0 Å². The minimum atomic E-state index is 0.667. The molecule has 0 aliphatic heterocycles. The van der Waals surface area contributed by atoms with Gasteiger partial charge in [0.2, 0.25) is 0 Å². The predicted octanol–water partition coefficient (Wildman–Crippen LogP) is 4.44. The molecule has 14 heavy (non-hydrogen) atoms. The molecule has 0 atom stereocenters. The van der Waals surface area contributed by atoms with E-state index in [9.17, 15) is 0 Å². The van der Waals surface area contributed by atoms with Gasteiger partial charge in [0.05, 0.1) is 22.7 Å². The van der Waals surface area contributed by atoms with Crippen molar-refractivity contribution < 1.29 is 4.42 Å². The minimum Gasteiger partial charge on any atom is -0.470 e. The van der Waals surface area contributed by atoms with Crippen molar-refractivity contribution in [1.82, 2.24) is 0 Å². The van der Waals surface area contributed by atoms with Crippen molar-refractivity contribution in [2.75, 3.05) is 5.32 Å². The lowest BCUT2D eigenvalue weighted by Gasteiger charge is -2.05. The fourth-order valence-electron chi connectivity index (χ4n) is 1.08. The van der Waals surface area contributed by atoms with E-state index in [1.807, 2.05) is 24.3 Å². The molecule has 1 aromatic heterocycles. The first-order valence-corrected chi connectivity index (χ1v) is 5.17. The van der Waals surface area contributed by atoms with Gasteiger partial charge in [0.1, 0.15) is 6.26 Å². The Kier molecular flexibility index (Phi) is 2.79. The summed E-state index contributed by atoms with van der Waals surface area (Å²) in [6.45, 7) is 0. The Labute approximate surface area is 95.0 Å². The number of nitrogens with one attached hydrogen (secondary N) is 1. The van der Waals surface area contributed by atoms with Crippen LogP contribution in [0.3, 0.4) is 0 Å². The maximum atomic E-state index is 6.02. The largest absolute Gasteiger partial charge is 0.470 e. The van der Waals surface area contributed by atoms with Gasteiger partial charge in [-0.15, -0.1) is 0 Å². The zero-order valence-corrected chi connectivity index (χ0v) is 9.47.